The molecule has 0 aromatic carbocycles. The Balaban J connectivity index is 1.87. The third kappa shape index (κ3) is 2.66. The molecule has 1 atom stereocenters. The number of pyridine rings is 1. The highest BCUT2D eigenvalue weighted by molar-refractivity contribution is 7.89. The van der Waals surface area contributed by atoms with E-state index in [9.17, 15) is 8.42 Å². The summed E-state index contributed by atoms with van der Waals surface area (Å²) in [7, 11) is -3.76. The van der Waals surface area contributed by atoms with Crippen LogP contribution in [-0.2, 0) is 23.0 Å². The lowest BCUT2D eigenvalue weighted by Crippen LogP contribution is -2.29. The minimum Gasteiger partial charge on any atom is -0.314 e. The van der Waals surface area contributed by atoms with E-state index in [1.165, 1.54) is 18.3 Å². The van der Waals surface area contributed by atoms with Gasteiger partial charge in [0.05, 0.1) is 6.04 Å². The lowest BCUT2D eigenvalue weighted by atomic mass is 10.3. The van der Waals surface area contributed by atoms with Crippen molar-refractivity contribution in [1.82, 2.24) is 24.5 Å². The molecule has 7 nitrogen and oxygen atoms in total. The molecule has 9 heteroatoms. The fourth-order valence-corrected chi connectivity index (χ4v) is 4.07. The number of fused-ring (bicyclic) bond motifs is 1. The molecule has 3 heterocycles. The van der Waals surface area contributed by atoms with Crippen molar-refractivity contribution in [2.24, 2.45) is 0 Å². The van der Waals surface area contributed by atoms with Crippen LogP contribution in [0.25, 0.3) is 0 Å². The molecule has 2 aromatic heterocycles. The number of hydrogen-bond acceptors (Lipinski definition) is 5. The van der Waals surface area contributed by atoms with Gasteiger partial charge in [-0.2, -0.15) is 0 Å². The molecule has 0 amide bonds. The first-order chi connectivity index (χ1) is 9.99. The molecule has 0 saturated carbocycles. The van der Waals surface area contributed by atoms with Crippen LogP contribution in [0.3, 0.4) is 0 Å². The SMILES string of the molecule is CC(NS(=O)(=O)c1cccnc1Cl)c1nnc2n1CCC2. The fourth-order valence-electron chi connectivity index (χ4n) is 2.41. The van der Waals surface area contributed by atoms with Crippen molar-refractivity contribution in [3.63, 3.8) is 0 Å². The van der Waals surface area contributed by atoms with E-state index in [0.717, 1.165) is 25.2 Å². The molecule has 3 rings (SSSR count). The number of halogens is 1. The molecule has 1 N–H and O–H groups in total. The minimum atomic E-state index is -3.76. The predicted molar refractivity (Wildman–Crippen MR) is 76.3 cm³/mol. The number of rotatable bonds is 4. The predicted octanol–water partition coefficient (Wildman–Crippen LogP) is 1.31. The van der Waals surface area contributed by atoms with E-state index in [2.05, 4.69) is 19.9 Å². The van der Waals surface area contributed by atoms with Gasteiger partial charge in [-0.25, -0.2) is 18.1 Å². The molecule has 0 saturated heterocycles. The van der Waals surface area contributed by atoms with Crippen molar-refractivity contribution in [2.45, 2.75) is 37.2 Å². The summed E-state index contributed by atoms with van der Waals surface area (Å²) in [4.78, 5) is 3.74. The van der Waals surface area contributed by atoms with Gasteiger partial charge in [0.15, 0.2) is 5.82 Å². The van der Waals surface area contributed by atoms with Crippen molar-refractivity contribution < 1.29 is 8.42 Å². The minimum absolute atomic E-state index is 0.0420. The van der Waals surface area contributed by atoms with Crippen LogP contribution < -0.4 is 4.72 Å². The van der Waals surface area contributed by atoms with Gasteiger partial charge in [0.1, 0.15) is 15.9 Å². The average Bonchev–Trinajstić information content (AvgIpc) is 3.00. The topological polar surface area (TPSA) is 89.8 Å². The second-order valence-corrected chi connectivity index (χ2v) is 6.91. The first-order valence-corrected chi connectivity index (χ1v) is 8.40. The van der Waals surface area contributed by atoms with Crippen LogP contribution in [0, 0.1) is 0 Å². The quantitative estimate of drug-likeness (QED) is 0.855. The fraction of sp³-hybridized carbons (Fsp3) is 0.417. The van der Waals surface area contributed by atoms with Crippen LogP contribution >= 0.6 is 11.6 Å². The standard InChI is InChI=1S/C12H14ClN5O2S/c1-8(12-16-15-10-5-3-7-18(10)12)17-21(19,20)9-4-2-6-14-11(9)13/h2,4,6,8,17H,3,5,7H2,1H3. The number of hydrogen-bond donors (Lipinski definition) is 1. The van der Waals surface area contributed by atoms with Crippen LogP contribution in [0.2, 0.25) is 5.15 Å². The zero-order valence-electron chi connectivity index (χ0n) is 11.3. The summed E-state index contributed by atoms with van der Waals surface area (Å²) >= 11 is 5.85. The van der Waals surface area contributed by atoms with E-state index < -0.39 is 16.1 Å². The molecule has 0 radical (unpaired) electrons. The Bertz CT molecular complexity index is 774. The molecule has 112 valence electrons. The van der Waals surface area contributed by atoms with Gasteiger partial charge in [-0.15, -0.1) is 10.2 Å². The summed E-state index contributed by atoms with van der Waals surface area (Å²) in [5.74, 6) is 1.52. The summed E-state index contributed by atoms with van der Waals surface area (Å²) in [6, 6.07) is 2.45. The first kappa shape index (κ1) is 14.4. The van der Waals surface area contributed by atoms with E-state index in [-0.39, 0.29) is 10.0 Å². The molecule has 0 fully saturated rings. The Morgan fingerprint density at radius 2 is 2.24 bits per heavy atom. The van der Waals surface area contributed by atoms with Gasteiger partial charge >= 0.3 is 0 Å². The first-order valence-electron chi connectivity index (χ1n) is 6.54. The lowest BCUT2D eigenvalue weighted by molar-refractivity contribution is 0.546. The highest BCUT2D eigenvalue weighted by atomic mass is 35.5. The van der Waals surface area contributed by atoms with Crippen LogP contribution in [0.4, 0.5) is 0 Å². The third-order valence-corrected chi connectivity index (χ3v) is 5.36. The molecular weight excluding hydrogens is 314 g/mol. The zero-order chi connectivity index (χ0) is 15.0. The van der Waals surface area contributed by atoms with Gasteiger partial charge in [0.2, 0.25) is 10.0 Å². The van der Waals surface area contributed by atoms with Gasteiger partial charge in [-0.05, 0) is 25.5 Å². The highest BCUT2D eigenvalue weighted by Crippen LogP contribution is 2.23. The maximum absolute atomic E-state index is 12.4. The van der Waals surface area contributed by atoms with Crippen LogP contribution in [0.1, 0.15) is 31.0 Å². The average molecular weight is 328 g/mol. The summed E-state index contributed by atoms with van der Waals surface area (Å²) < 4.78 is 29.3. The number of nitrogens with one attached hydrogen (secondary N) is 1. The summed E-state index contributed by atoms with van der Waals surface area (Å²) in [6.07, 6.45) is 3.32. The summed E-state index contributed by atoms with van der Waals surface area (Å²) in [5.41, 5.74) is 0. The van der Waals surface area contributed by atoms with Gasteiger partial charge in [0, 0.05) is 19.2 Å². The molecule has 21 heavy (non-hydrogen) atoms. The van der Waals surface area contributed by atoms with E-state index in [1.807, 2.05) is 4.57 Å². The largest absolute Gasteiger partial charge is 0.314 e. The van der Waals surface area contributed by atoms with E-state index in [0.29, 0.717) is 5.82 Å². The Morgan fingerprint density at radius 1 is 1.43 bits per heavy atom. The van der Waals surface area contributed by atoms with Crippen molar-refractivity contribution in [3.8, 4) is 0 Å². The van der Waals surface area contributed by atoms with Crippen molar-refractivity contribution in [1.29, 1.82) is 0 Å². The normalized spacial score (nSPS) is 15.9. The van der Waals surface area contributed by atoms with Gasteiger partial charge in [0.25, 0.3) is 0 Å². The maximum atomic E-state index is 12.4. The Kier molecular flexibility index (Phi) is 3.68. The van der Waals surface area contributed by atoms with E-state index in [4.69, 9.17) is 11.6 Å². The van der Waals surface area contributed by atoms with Crippen molar-refractivity contribution in [3.05, 3.63) is 35.1 Å². The van der Waals surface area contributed by atoms with Crippen molar-refractivity contribution in [2.75, 3.05) is 0 Å². The lowest BCUT2D eigenvalue weighted by Gasteiger charge is -2.14. The molecule has 1 aliphatic heterocycles. The number of nitrogens with zero attached hydrogens (tertiary/aromatic N) is 4. The molecular formula is C12H14ClN5O2S. The van der Waals surface area contributed by atoms with Crippen LogP contribution in [-0.4, -0.2) is 28.2 Å². The molecule has 0 aliphatic carbocycles. The maximum Gasteiger partial charge on any atom is 0.244 e. The molecule has 1 aliphatic rings. The van der Waals surface area contributed by atoms with E-state index in [1.54, 1.807) is 6.92 Å². The Labute approximate surface area is 127 Å². The number of aromatic nitrogens is 4. The van der Waals surface area contributed by atoms with Gasteiger partial charge in [-0.3, -0.25) is 0 Å². The van der Waals surface area contributed by atoms with E-state index >= 15 is 0 Å². The monoisotopic (exact) mass is 327 g/mol. The third-order valence-electron chi connectivity index (χ3n) is 3.37. The van der Waals surface area contributed by atoms with Crippen molar-refractivity contribution >= 4 is 21.6 Å². The Hall–Kier alpha value is -1.51. The smallest absolute Gasteiger partial charge is 0.244 e. The Morgan fingerprint density at radius 3 is 3.00 bits per heavy atom. The zero-order valence-corrected chi connectivity index (χ0v) is 12.9. The molecule has 2 aromatic rings. The second-order valence-electron chi connectivity index (χ2n) is 4.86. The number of sulfonamides is 1. The van der Waals surface area contributed by atoms with Gasteiger partial charge < -0.3 is 4.57 Å². The summed E-state index contributed by atoms with van der Waals surface area (Å²) in [5, 5.41) is 8.10. The van der Waals surface area contributed by atoms with Crippen LogP contribution in [0.5, 0.6) is 0 Å². The number of aryl methyl sites for hydroxylation is 1. The molecule has 0 spiro atoms. The molecule has 0 bridgehead atoms. The second kappa shape index (κ2) is 5.36. The molecule has 1 unspecified atom stereocenters. The van der Waals surface area contributed by atoms with Crippen LogP contribution in [0.15, 0.2) is 23.2 Å². The highest BCUT2D eigenvalue weighted by Gasteiger charge is 2.26. The summed E-state index contributed by atoms with van der Waals surface area (Å²) in [6.45, 7) is 2.55. The van der Waals surface area contributed by atoms with Gasteiger partial charge in [-0.1, -0.05) is 11.6 Å².